The zero-order chi connectivity index (χ0) is 15.8. The molecule has 0 saturated carbocycles. The van der Waals surface area contributed by atoms with Gasteiger partial charge in [0.15, 0.2) is 0 Å². The van der Waals surface area contributed by atoms with Gasteiger partial charge in [0.25, 0.3) is 10.0 Å². The average Bonchev–Trinajstić information content (AvgIpc) is 2.38. The lowest BCUT2D eigenvalue weighted by atomic mass is 10.2. The molecule has 0 aliphatic heterocycles. The molecule has 0 aromatic heterocycles. The Kier molecular flexibility index (Phi) is 4.55. The summed E-state index contributed by atoms with van der Waals surface area (Å²) in [6.45, 7) is 1.54. The van der Waals surface area contributed by atoms with E-state index in [1.807, 2.05) is 0 Å². The smallest absolute Gasteiger partial charge is 0.263 e. The Bertz CT molecular complexity index is 812. The Hall–Kier alpha value is -1.18. The summed E-state index contributed by atoms with van der Waals surface area (Å²) < 4.78 is 53.4. The number of sulfonamides is 1. The minimum atomic E-state index is -4.08. The van der Waals surface area contributed by atoms with Crippen LogP contribution in [0.5, 0.6) is 0 Å². The SMILES string of the molecule is Cc1cc(F)c(Br)cc1NS(=O)(=O)c1cc(F)ccc1Cl. The lowest BCUT2D eigenvalue weighted by Crippen LogP contribution is -2.14. The van der Waals surface area contributed by atoms with Crippen molar-refractivity contribution in [1.29, 1.82) is 0 Å². The van der Waals surface area contributed by atoms with E-state index < -0.39 is 21.7 Å². The van der Waals surface area contributed by atoms with Gasteiger partial charge in [-0.05, 0) is 58.7 Å². The molecule has 0 amide bonds. The van der Waals surface area contributed by atoms with Crippen LogP contribution in [-0.4, -0.2) is 8.42 Å². The van der Waals surface area contributed by atoms with Crippen molar-refractivity contribution in [2.75, 3.05) is 4.72 Å². The second-order valence-electron chi connectivity index (χ2n) is 4.26. The second kappa shape index (κ2) is 5.90. The van der Waals surface area contributed by atoms with Gasteiger partial charge < -0.3 is 0 Å². The number of hydrogen-bond acceptors (Lipinski definition) is 2. The topological polar surface area (TPSA) is 46.2 Å². The zero-order valence-corrected chi connectivity index (χ0v) is 13.8. The first kappa shape index (κ1) is 16.2. The summed E-state index contributed by atoms with van der Waals surface area (Å²) in [4.78, 5) is -0.385. The molecule has 0 aliphatic rings. The van der Waals surface area contributed by atoms with Crippen molar-refractivity contribution in [2.45, 2.75) is 11.8 Å². The molecule has 0 spiro atoms. The third-order valence-corrected chi connectivity index (χ3v) is 5.15. The third-order valence-electron chi connectivity index (χ3n) is 2.69. The van der Waals surface area contributed by atoms with Gasteiger partial charge in [-0.25, -0.2) is 17.2 Å². The van der Waals surface area contributed by atoms with Gasteiger partial charge in [0.05, 0.1) is 15.2 Å². The van der Waals surface area contributed by atoms with Crippen LogP contribution in [-0.2, 0) is 10.0 Å². The molecule has 2 rings (SSSR count). The van der Waals surface area contributed by atoms with E-state index in [2.05, 4.69) is 20.7 Å². The van der Waals surface area contributed by atoms with Gasteiger partial charge >= 0.3 is 0 Å². The first-order chi connectivity index (χ1) is 9.70. The van der Waals surface area contributed by atoms with Gasteiger partial charge in [-0.15, -0.1) is 0 Å². The Morgan fingerprint density at radius 3 is 2.52 bits per heavy atom. The van der Waals surface area contributed by atoms with Crippen LogP contribution in [0.2, 0.25) is 5.02 Å². The average molecular weight is 397 g/mol. The zero-order valence-electron chi connectivity index (χ0n) is 10.6. The first-order valence-corrected chi connectivity index (χ1v) is 8.29. The van der Waals surface area contributed by atoms with E-state index in [1.165, 1.54) is 12.1 Å². The van der Waals surface area contributed by atoms with Crippen molar-refractivity contribution in [1.82, 2.24) is 0 Å². The van der Waals surface area contributed by atoms with Gasteiger partial charge in [0, 0.05) is 0 Å². The van der Waals surface area contributed by atoms with E-state index in [0.717, 1.165) is 18.2 Å². The summed E-state index contributed by atoms with van der Waals surface area (Å²) in [6.07, 6.45) is 0. The van der Waals surface area contributed by atoms with E-state index >= 15 is 0 Å². The van der Waals surface area contributed by atoms with Gasteiger partial charge in [-0.3, -0.25) is 4.72 Å². The highest BCUT2D eigenvalue weighted by molar-refractivity contribution is 9.10. The fraction of sp³-hybridized carbons (Fsp3) is 0.0769. The number of benzene rings is 2. The van der Waals surface area contributed by atoms with Gasteiger partial charge in [-0.2, -0.15) is 0 Å². The van der Waals surface area contributed by atoms with Crippen molar-refractivity contribution in [3.05, 3.63) is 57.0 Å². The van der Waals surface area contributed by atoms with Gasteiger partial charge in [0.1, 0.15) is 16.5 Å². The van der Waals surface area contributed by atoms with E-state index in [1.54, 1.807) is 6.92 Å². The molecular formula is C13H9BrClF2NO2S. The Morgan fingerprint density at radius 1 is 1.19 bits per heavy atom. The summed E-state index contributed by atoms with van der Waals surface area (Å²) in [5.74, 6) is -1.24. The van der Waals surface area contributed by atoms with E-state index in [4.69, 9.17) is 11.6 Å². The molecule has 21 heavy (non-hydrogen) atoms. The molecule has 0 bridgehead atoms. The largest absolute Gasteiger partial charge is 0.279 e. The van der Waals surface area contributed by atoms with Crippen molar-refractivity contribution in [2.24, 2.45) is 0 Å². The normalized spacial score (nSPS) is 11.5. The fourth-order valence-corrected chi connectivity index (χ4v) is 3.62. The van der Waals surface area contributed by atoms with Crippen LogP contribution in [0.25, 0.3) is 0 Å². The Morgan fingerprint density at radius 2 is 1.86 bits per heavy atom. The molecule has 112 valence electrons. The highest BCUT2D eigenvalue weighted by Crippen LogP contribution is 2.28. The van der Waals surface area contributed by atoms with Crippen LogP contribution in [0.4, 0.5) is 14.5 Å². The minimum absolute atomic E-state index is 0.108. The van der Waals surface area contributed by atoms with Crippen LogP contribution in [0, 0.1) is 18.6 Å². The number of rotatable bonds is 3. The Balaban J connectivity index is 2.47. The summed E-state index contributed by atoms with van der Waals surface area (Å²) >= 11 is 8.76. The first-order valence-electron chi connectivity index (χ1n) is 5.64. The Labute approximate surface area is 134 Å². The van der Waals surface area contributed by atoms with Gasteiger partial charge in [-0.1, -0.05) is 11.6 Å². The summed E-state index contributed by atoms with van der Waals surface area (Å²) in [5, 5.41) is -0.109. The molecular weight excluding hydrogens is 388 g/mol. The molecule has 0 unspecified atom stereocenters. The minimum Gasteiger partial charge on any atom is -0.279 e. The standard InChI is InChI=1S/C13H9BrClF2NO2S/c1-7-4-11(17)9(14)6-12(7)18-21(19,20)13-5-8(16)2-3-10(13)15/h2-6,18H,1H3. The van der Waals surface area contributed by atoms with Gasteiger partial charge in [0.2, 0.25) is 0 Å². The molecule has 1 N–H and O–H groups in total. The number of hydrogen-bond donors (Lipinski definition) is 1. The highest BCUT2D eigenvalue weighted by Gasteiger charge is 2.20. The predicted molar refractivity (Wildman–Crippen MR) is 81.1 cm³/mol. The van der Waals surface area contributed by atoms with Crippen LogP contribution in [0.1, 0.15) is 5.56 Å². The maximum Gasteiger partial charge on any atom is 0.263 e. The van der Waals surface area contributed by atoms with Crippen LogP contribution >= 0.6 is 27.5 Å². The van der Waals surface area contributed by atoms with Crippen molar-refractivity contribution in [3.63, 3.8) is 0 Å². The van der Waals surface area contributed by atoms with E-state index in [0.29, 0.717) is 5.56 Å². The molecule has 0 saturated heterocycles. The van der Waals surface area contributed by atoms with E-state index in [-0.39, 0.29) is 20.1 Å². The highest BCUT2D eigenvalue weighted by atomic mass is 79.9. The predicted octanol–water partition coefficient (Wildman–Crippen LogP) is 4.49. The molecule has 0 atom stereocenters. The maximum atomic E-state index is 13.3. The molecule has 3 nitrogen and oxygen atoms in total. The molecule has 2 aromatic carbocycles. The van der Waals surface area contributed by atoms with Crippen LogP contribution < -0.4 is 4.72 Å². The third kappa shape index (κ3) is 3.53. The van der Waals surface area contributed by atoms with Crippen LogP contribution in [0.15, 0.2) is 39.7 Å². The maximum absolute atomic E-state index is 13.3. The number of anilines is 1. The number of aryl methyl sites for hydroxylation is 1. The fourth-order valence-electron chi connectivity index (χ4n) is 1.64. The van der Waals surface area contributed by atoms with Crippen molar-refractivity contribution in [3.8, 4) is 0 Å². The molecule has 0 aliphatic carbocycles. The molecule has 0 fully saturated rings. The monoisotopic (exact) mass is 395 g/mol. The quantitative estimate of drug-likeness (QED) is 0.831. The number of halogens is 4. The number of nitrogens with one attached hydrogen (secondary N) is 1. The summed E-state index contributed by atoms with van der Waals surface area (Å²) in [5.41, 5.74) is 0.551. The molecule has 0 radical (unpaired) electrons. The van der Waals surface area contributed by atoms with Crippen molar-refractivity contribution >= 4 is 43.2 Å². The van der Waals surface area contributed by atoms with Crippen molar-refractivity contribution < 1.29 is 17.2 Å². The summed E-state index contributed by atoms with van der Waals surface area (Å²) in [7, 11) is -4.08. The molecule has 0 heterocycles. The summed E-state index contributed by atoms with van der Waals surface area (Å²) in [6, 6.07) is 5.49. The second-order valence-corrected chi connectivity index (χ2v) is 7.17. The lowest BCUT2D eigenvalue weighted by molar-refractivity contribution is 0.595. The molecule has 8 heteroatoms. The van der Waals surface area contributed by atoms with E-state index in [9.17, 15) is 17.2 Å². The lowest BCUT2D eigenvalue weighted by Gasteiger charge is -2.12. The van der Waals surface area contributed by atoms with Crippen LogP contribution in [0.3, 0.4) is 0 Å². The molecule has 2 aromatic rings.